The predicted octanol–water partition coefficient (Wildman–Crippen LogP) is 5.03. The summed E-state index contributed by atoms with van der Waals surface area (Å²) in [5.74, 6) is -0.711. The molecule has 1 heterocycles. The number of carbonyl (C=O) groups excluding carboxylic acids is 1. The van der Waals surface area contributed by atoms with Crippen LogP contribution in [0.2, 0.25) is 0 Å². The lowest BCUT2D eigenvalue weighted by Crippen LogP contribution is -2.22. The maximum Gasteiger partial charge on any atom is 0.251 e. The molecular weight excluding hydrogens is 347 g/mol. The number of nitrogens with zero attached hydrogens (tertiary/aromatic N) is 1. The van der Waals surface area contributed by atoms with E-state index in [2.05, 4.69) is 16.4 Å². The van der Waals surface area contributed by atoms with Gasteiger partial charge >= 0.3 is 0 Å². The molecule has 128 valence electrons. The van der Waals surface area contributed by atoms with Crippen molar-refractivity contribution in [1.82, 2.24) is 10.3 Å². The van der Waals surface area contributed by atoms with Crippen molar-refractivity contribution in [2.75, 3.05) is 0 Å². The summed E-state index contributed by atoms with van der Waals surface area (Å²) in [5.41, 5.74) is 3.33. The molecule has 0 saturated carbocycles. The molecule has 0 bridgehead atoms. The number of amides is 1. The summed E-state index contributed by atoms with van der Waals surface area (Å²) in [4.78, 5) is 16.7. The topological polar surface area (TPSA) is 42.0 Å². The first kappa shape index (κ1) is 16.4. The van der Waals surface area contributed by atoms with Crippen LogP contribution >= 0.6 is 11.3 Å². The van der Waals surface area contributed by atoms with E-state index in [1.165, 1.54) is 18.2 Å². The van der Waals surface area contributed by atoms with Gasteiger partial charge in [0.1, 0.15) is 10.8 Å². The quantitative estimate of drug-likeness (QED) is 0.553. The Kier molecular flexibility index (Phi) is 4.46. The average Bonchev–Trinajstić information content (AvgIpc) is 3.11. The van der Waals surface area contributed by atoms with Crippen molar-refractivity contribution < 1.29 is 9.18 Å². The molecule has 1 aromatic heterocycles. The Morgan fingerprint density at radius 1 is 1.00 bits per heavy atom. The van der Waals surface area contributed by atoms with Crippen molar-refractivity contribution in [3.05, 3.63) is 89.7 Å². The Hall–Kier alpha value is -3.05. The molecule has 0 aliphatic rings. The molecule has 1 N–H and O–H groups in total. The molecule has 0 spiro atoms. The van der Waals surface area contributed by atoms with Crippen molar-refractivity contribution in [2.24, 2.45) is 0 Å². The summed E-state index contributed by atoms with van der Waals surface area (Å²) >= 11 is 1.66. The van der Waals surface area contributed by atoms with E-state index < -0.39 is 5.82 Å². The molecule has 0 unspecified atom stereocenters. The zero-order chi connectivity index (χ0) is 17.9. The van der Waals surface area contributed by atoms with Gasteiger partial charge in [0.2, 0.25) is 0 Å². The summed E-state index contributed by atoms with van der Waals surface area (Å²) in [7, 11) is 0. The number of hydrogen-bond acceptors (Lipinski definition) is 3. The Morgan fingerprint density at radius 3 is 2.58 bits per heavy atom. The normalized spacial score (nSPS) is 10.8. The van der Waals surface area contributed by atoms with Gasteiger partial charge in [-0.05, 0) is 35.9 Å². The highest BCUT2D eigenvalue weighted by atomic mass is 32.1. The number of carbonyl (C=O) groups is 1. The highest BCUT2D eigenvalue weighted by molar-refractivity contribution is 7.21. The predicted molar refractivity (Wildman–Crippen MR) is 103 cm³/mol. The van der Waals surface area contributed by atoms with Gasteiger partial charge in [-0.1, -0.05) is 42.5 Å². The second-order valence-electron chi connectivity index (χ2n) is 5.88. The van der Waals surface area contributed by atoms with Gasteiger partial charge < -0.3 is 5.32 Å². The van der Waals surface area contributed by atoms with Crippen molar-refractivity contribution in [2.45, 2.75) is 6.54 Å². The second kappa shape index (κ2) is 7.06. The van der Waals surface area contributed by atoms with Crippen LogP contribution in [0, 0.1) is 5.82 Å². The summed E-state index contributed by atoms with van der Waals surface area (Å²) in [6, 6.07) is 21.7. The van der Waals surface area contributed by atoms with Gasteiger partial charge in [-0.3, -0.25) is 4.79 Å². The molecule has 0 fully saturated rings. The monoisotopic (exact) mass is 362 g/mol. The number of nitrogens with one attached hydrogen (secondary N) is 1. The van der Waals surface area contributed by atoms with Crippen LogP contribution in [0.15, 0.2) is 72.8 Å². The maximum absolute atomic E-state index is 13.2. The number of para-hydroxylation sites is 1. The van der Waals surface area contributed by atoms with Crippen LogP contribution in [0.1, 0.15) is 15.9 Å². The van der Waals surface area contributed by atoms with E-state index in [4.69, 9.17) is 0 Å². The number of thiazole rings is 1. The Labute approximate surface area is 154 Å². The lowest BCUT2D eigenvalue weighted by Gasteiger charge is -2.06. The number of hydrogen-bond donors (Lipinski definition) is 1. The van der Waals surface area contributed by atoms with E-state index in [9.17, 15) is 9.18 Å². The number of benzene rings is 3. The van der Waals surface area contributed by atoms with Crippen LogP contribution in [0.4, 0.5) is 4.39 Å². The molecule has 0 radical (unpaired) electrons. The van der Waals surface area contributed by atoms with Crippen LogP contribution in [-0.2, 0) is 6.54 Å². The lowest BCUT2D eigenvalue weighted by atomic mass is 10.1. The molecule has 4 rings (SSSR count). The number of rotatable bonds is 4. The van der Waals surface area contributed by atoms with Crippen LogP contribution in [0.5, 0.6) is 0 Å². The molecule has 3 aromatic carbocycles. The third-order valence-corrected chi connectivity index (χ3v) is 5.12. The molecule has 0 atom stereocenters. The maximum atomic E-state index is 13.2. The SMILES string of the molecule is O=C(NCc1ccc(-c2nc3ccccc3s2)cc1)c1cccc(F)c1. The van der Waals surface area contributed by atoms with Gasteiger partial charge in [0.05, 0.1) is 10.2 Å². The Morgan fingerprint density at radius 2 is 1.81 bits per heavy atom. The van der Waals surface area contributed by atoms with Crippen LogP contribution < -0.4 is 5.32 Å². The zero-order valence-corrected chi connectivity index (χ0v) is 14.6. The third-order valence-electron chi connectivity index (χ3n) is 4.03. The molecule has 0 aliphatic carbocycles. The first-order valence-corrected chi connectivity index (χ1v) is 8.99. The van der Waals surface area contributed by atoms with Gasteiger partial charge in [0.25, 0.3) is 5.91 Å². The fourth-order valence-corrected chi connectivity index (χ4v) is 3.65. The Bertz CT molecular complexity index is 1040. The smallest absolute Gasteiger partial charge is 0.251 e. The number of halogens is 1. The first-order chi connectivity index (χ1) is 12.7. The van der Waals surface area contributed by atoms with E-state index in [1.807, 2.05) is 42.5 Å². The molecule has 4 aromatic rings. The molecule has 3 nitrogen and oxygen atoms in total. The van der Waals surface area contributed by atoms with Crippen molar-refractivity contribution in [3.8, 4) is 10.6 Å². The van der Waals surface area contributed by atoms with Crippen molar-refractivity contribution in [1.29, 1.82) is 0 Å². The number of aromatic nitrogens is 1. The highest BCUT2D eigenvalue weighted by Gasteiger charge is 2.08. The van der Waals surface area contributed by atoms with Gasteiger partial charge in [0.15, 0.2) is 0 Å². The number of fused-ring (bicyclic) bond motifs is 1. The van der Waals surface area contributed by atoms with Crippen LogP contribution in [0.25, 0.3) is 20.8 Å². The second-order valence-corrected chi connectivity index (χ2v) is 6.91. The molecule has 1 amide bonds. The van der Waals surface area contributed by atoms with E-state index in [0.717, 1.165) is 26.4 Å². The molecule has 0 aliphatic heterocycles. The average molecular weight is 362 g/mol. The fraction of sp³-hybridized carbons (Fsp3) is 0.0476. The van der Waals surface area contributed by atoms with Crippen molar-refractivity contribution in [3.63, 3.8) is 0 Å². The summed E-state index contributed by atoms with van der Waals surface area (Å²) in [6.45, 7) is 0.384. The minimum absolute atomic E-state index is 0.292. The van der Waals surface area contributed by atoms with Crippen LogP contribution in [-0.4, -0.2) is 10.9 Å². The van der Waals surface area contributed by atoms with Gasteiger partial charge in [-0.2, -0.15) is 0 Å². The fourth-order valence-electron chi connectivity index (χ4n) is 2.67. The first-order valence-electron chi connectivity index (χ1n) is 8.18. The zero-order valence-electron chi connectivity index (χ0n) is 13.8. The lowest BCUT2D eigenvalue weighted by molar-refractivity contribution is 0.0950. The van der Waals surface area contributed by atoms with E-state index in [1.54, 1.807) is 17.4 Å². The van der Waals surface area contributed by atoms with E-state index >= 15 is 0 Å². The van der Waals surface area contributed by atoms with Crippen molar-refractivity contribution >= 4 is 27.5 Å². The van der Waals surface area contributed by atoms with E-state index in [-0.39, 0.29) is 5.91 Å². The molecular formula is C21H15FN2OS. The summed E-state index contributed by atoms with van der Waals surface area (Å²) in [6.07, 6.45) is 0. The van der Waals surface area contributed by atoms with E-state index in [0.29, 0.717) is 12.1 Å². The van der Waals surface area contributed by atoms with Gasteiger partial charge in [-0.15, -0.1) is 11.3 Å². The third kappa shape index (κ3) is 3.48. The molecule has 5 heteroatoms. The Balaban J connectivity index is 1.45. The molecule has 0 saturated heterocycles. The summed E-state index contributed by atoms with van der Waals surface area (Å²) < 4.78 is 14.3. The highest BCUT2D eigenvalue weighted by Crippen LogP contribution is 2.29. The largest absolute Gasteiger partial charge is 0.348 e. The minimum atomic E-state index is -0.419. The molecule has 26 heavy (non-hydrogen) atoms. The van der Waals surface area contributed by atoms with Gasteiger partial charge in [-0.25, -0.2) is 9.37 Å². The standard InChI is InChI=1S/C21H15FN2OS/c22-17-5-3-4-16(12-17)20(25)23-13-14-8-10-15(11-9-14)21-24-18-6-1-2-7-19(18)26-21/h1-12H,13H2,(H,23,25). The summed E-state index contributed by atoms with van der Waals surface area (Å²) in [5, 5.41) is 3.78. The van der Waals surface area contributed by atoms with Gasteiger partial charge in [0, 0.05) is 17.7 Å². The van der Waals surface area contributed by atoms with Crippen LogP contribution in [0.3, 0.4) is 0 Å². The minimum Gasteiger partial charge on any atom is -0.348 e.